The third-order valence-corrected chi connectivity index (χ3v) is 9.60. The summed E-state index contributed by atoms with van der Waals surface area (Å²) in [5, 5.41) is 10.9. The van der Waals surface area contributed by atoms with Crippen molar-refractivity contribution in [1.29, 1.82) is 0 Å². The van der Waals surface area contributed by atoms with Gasteiger partial charge in [0.1, 0.15) is 6.61 Å². The van der Waals surface area contributed by atoms with Crippen molar-refractivity contribution in [3.63, 3.8) is 0 Å². The molecule has 0 bridgehead atoms. The maximum absolute atomic E-state index is 14.1. The van der Waals surface area contributed by atoms with Crippen molar-refractivity contribution in [1.82, 2.24) is 4.57 Å². The fourth-order valence-electron chi connectivity index (χ4n) is 5.89. The Bertz CT molecular complexity index is 2170. The van der Waals surface area contributed by atoms with Crippen molar-refractivity contribution in [2.24, 2.45) is 4.99 Å². The van der Waals surface area contributed by atoms with Crippen LogP contribution in [0.3, 0.4) is 0 Å². The number of allylic oxidation sites excluding steroid dienone is 1. The zero-order valence-corrected chi connectivity index (χ0v) is 26.5. The Balaban J connectivity index is 1.26. The van der Waals surface area contributed by atoms with E-state index in [0.717, 1.165) is 50.8 Å². The molecule has 10 heteroatoms. The van der Waals surface area contributed by atoms with Crippen LogP contribution in [0.1, 0.15) is 40.3 Å². The van der Waals surface area contributed by atoms with Crippen LogP contribution in [-0.4, -0.2) is 16.6 Å². The molecule has 0 fully saturated rings. The number of benzene rings is 4. The number of halogens is 1. The second-order valence-corrected chi connectivity index (χ2v) is 12.7. The fraction of sp³-hybridized carbons (Fsp3) is 0.143. The van der Waals surface area contributed by atoms with Gasteiger partial charge in [-0.15, -0.1) is 0 Å². The van der Waals surface area contributed by atoms with Crippen molar-refractivity contribution in [2.75, 3.05) is 7.11 Å². The number of aryl methyl sites for hydroxylation is 1. The highest BCUT2D eigenvalue weighted by atomic mass is 79.9. The maximum Gasteiger partial charge on any atom is 0.271 e. The van der Waals surface area contributed by atoms with E-state index in [4.69, 9.17) is 14.5 Å². The molecule has 0 saturated carbocycles. The first-order chi connectivity index (χ1) is 21.9. The quantitative estimate of drug-likeness (QED) is 0.143. The molecular weight excluding hydrogens is 654 g/mol. The number of hydrogen-bond donors (Lipinski definition) is 0. The molecule has 1 aromatic heterocycles. The summed E-state index contributed by atoms with van der Waals surface area (Å²) in [4.78, 5) is 30.4. The summed E-state index contributed by atoms with van der Waals surface area (Å²) in [6.45, 7) is 0.218. The Kier molecular flexibility index (Phi) is 7.68. The van der Waals surface area contributed by atoms with Crippen LogP contribution in [0.4, 0.5) is 5.69 Å². The van der Waals surface area contributed by atoms with Crippen LogP contribution in [0.25, 0.3) is 11.8 Å². The van der Waals surface area contributed by atoms with E-state index in [-0.39, 0.29) is 23.9 Å². The van der Waals surface area contributed by atoms with Gasteiger partial charge in [-0.3, -0.25) is 19.5 Å². The average Bonchev–Trinajstić information content (AvgIpc) is 3.37. The Hall–Kier alpha value is -4.80. The second-order valence-electron chi connectivity index (χ2n) is 10.8. The third kappa shape index (κ3) is 5.51. The molecule has 2 heterocycles. The van der Waals surface area contributed by atoms with Crippen LogP contribution in [-0.2, 0) is 13.0 Å². The third-order valence-electron chi connectivity index (χ3n) is 8.09. The highest BCUT2D eigenvalue weighted by Crippen LogP contribution is 2.41. The lowest BCUT2D eigenvalue weighted by atomic mass is 9.83. The molecule has 224 valence electrons. The largest absolute Gasteiger partial charge is 0.493 e. The molecule has 0 spiro atoms. The first-order valence-electron chi connectivity index (χ1n) is 14.3. The number of nitro groups is 1. The van der Waals surface area contributed by atoms with Gasteiger partial charge in [-0.1, -0.05) is 69.7 Å². The van der Waals surface area contributed by atoms with Gasteiger partial charge in [0.05, 0.1) is 28.3 Å². The van der Waals surface area contributed by atoms with E-state index >= 15 is 0 Å². The number of nitro benzene ring substituents is 1. The monoisotopic (exact) mass is 679 g/mol. The minimum absolute atomic E-state index is 0.0270. The average molecular weight is 681 g/mol. The SMILES string of the molecule is COc1cc(/C=c2/sc3n(c2=O)[C@H](c2ccc(Br)cc2)C2=C(N=3)c3ccccc3CC2)ccc1OCc1ccc([N+](=O)[O-])cc1. The predicted molar refractivity (Wildman–Crippen MR) is 177 cm³/mol. The fourth-order valence-corrected chi connectivity index (χ4v) is 7.15. The lowest BCUT2D eigenvalue weighted by Gasteiger charge is -2.30. The normalized spacial score (nSPS) is 15.5. The van der Waals surface area contributed by atoms with Crippen molar-refractivity contribution >= 4 is 44.7 Å². The summed E-state index contributed by atoms with van der Waals surface area (Å²) < 4.78 is 15.0. The van der Waals surface area contributed by atoms with Crippen LogP contribution in [0.15, 0.2) is 111 Å². The van der Waals surface area contributed by atoms with E-state index in [1.165, 1.54) is 29.0 Å². The number of thiazole rings is 1. The van der Waals surface area contributed by atoms with E-state index in [0.29, 0.717) is 20.8 Å². The molecule has 2 aliphatic rings. The number of hydrogen-bond acceptors (Lipinski definition) is 7. The molecule has 0 radical (unpaired) electrons. The molecule has 0 amide bonds. The lowest BCUT2D eigenvalue weighted by Crippen LogP contribution is -2.38. The molecule has 4 aromatic carbocycles. The van der Waals surface area contributed by atoms with Crippen molar-refractivity contribution < 1.29 is 14.4 Å². The van der Waals surface area contributed by atoms with Gasteiger partial charge in [-0.25, -0.2) is 4.99 Å². The zero-order chi connectivity index (χ0) is 31.1. The number of non-ortho nitro benzene ring substituents is 1. The number of nitrogens with zero attached hydrogens (tertiary/aromatic N) is 3. The van der Waals surface area contributed by atoms with Gasteiger partial charge in [-0.05, 0) is 83.1 Å². The minimum atomic E-state index is -0.433. The molecule has 8 nitrogen and oxygen atoms in total. The van der Waals surface area contributed by atoms with Crippen molar-refractivity contribution in [2.45, 2.75) is 25.5 Å². The smallest absolute Gasteiger partial charge is 0.271 e. The molecule has 45 heavy (non-hydrogen) atoms. The maximum atomic E-state index is 14.1. The molecule has 1 aliphatic carbocycles. The number of methoxy groups -OCH3 is 1. The van der Waals surface area contributed by atoms with Gasteiger partial charge in [0.25, 0.3) is 11.2 Å². The summed E-state index contributed by atoms with van der Waals surface area (Å²) in [5.41, 5.74) is 7.09. The highest BCUT2D eigenvalue weighted by molar-refractivity contribution is 9.10. The summed E-state index contributed by atoms with van der Waals surface area (Å²) in [6.07, 6.45) is 3.60. The van der Waals surface area contributed by atoms with Gasteiger partial charge in [0.2, 0.25) is 0 Å². The number of aromatic nitrogens is 1. The van der Waals surface area contributed by atoms with Gasteiger partial charge in [-0.2, -0.15) is 0 Å². The van der Waals surface area contributed by atoms with E-state index in [9.17, 15) is 14.9 Å². The molecule has 1 atom stereocenters. The number of fused-ring (bicyclic) bond motifs is 3. The van der Waals surface area contributed by atoms with Gasteiger partial charge in [0.15, 0.2) is 16.3 Å². The molecule has 1 aliphatic heterocycles. The Morgan fingerprint density at radius 2 is 1.80 bits per heavy atom. The Morgan fingerprint density at radius 1 is 1.02 bits per heavy atom. The molecule has 7 rings (SSSR count). The molecule has 5 aromatic rings. The molecule has 0 saturated heterocycles. The summed E-state index contributed by atoms with van der Waals surface area (Å²) in [7, 11) is 1.56. The topological polar surface area (TPSA) is 96.0 Å². The summed E-state index contributed by atoms with van der Waals surface area (Å²) in [6, 6.07) is 28.0. The number of ether oxygens (including phenoxy) is 2. The first kappa shape index (κ1) is 28.9. The lowest BCUT2D eigenvalue weighted by molar-refractivity contribution is -0.384. The van der Waals surface area contributed by atoms with Crippen LogP contribution in [0.2, 0.25) is 0 Å². The Labute approximate surface area is 270 Å². The van der Waals surface area contributed by atoms with Gasteiger partial charge >= 0.3 is 0 Å². The second kappa shape index (κ2) is 11.9. The standard InChI is InChI=1S/C35H26BrN3O5S/c1-43-30-18-22(8-17-29(30)44-20-21-6-14-26(15-7-21)39(41)42)19-31-34(40)38-33(24-9-12-25(36)13-10-24)28-16-11-23-4-2-3-5-27(23)32(28)37-35(38)45-31/h2-10,12-15,17-19,33H,11,16,20H2,1H3/b31-19+/t33-/m1/s1. The van der Waals surface area contributed by atoms with Gasteiger partial charge in [0, 0.05) is 22.2 Å². The van der Waals surface area contributed by atoms with Gasteiger partial charge < -0.3 is 9.47 Å². The predicted octanol–water partition coefficient (Wildman–Crippen LogP) is 6.58. The van der Waals surface area contributed by atoms with E-state index in [2.05, 4.69) is 46.3 Å². The van der Waals surface area contributed by atoms with Crippen LogP contribution < -0.4 is 24.4 Å². The Morgan fingerprint density at radius 3 is 2.56 bits per heavy atom. The molecule has 0 unspecified atom stereocenters. The first-order valence-corrected chi connectivity index (χ1v) is 15.9. The summed E-state index contributed by atoms with van der Waals surface area (Å²) >= 11 is 4.93. The number of rotatable bonds is 7. The molecule has 0 N–H and O–H groups in total. The van der Waals surface area contributed by atoms with Crippen LogP contribution in [0.5, 0.6) is 11.5 Å². The van der Waals surface area contributed by atoms with E-state index in [1.807, 2.05) is 41.0 Å². The van der Waals surface area contributed by atoms with E-state index < -0.39 is 4.92 Å². The van der Waals surface area contributed by atoms with Crippen LogP contribution >= 0.6 is 27.3 Å². The van der Waals surface area contributed by atoms with E-state index in [1.54, 1.807) is 25.3 Å². The summed E-state index contributed by atoms with van der Waals surface area (Å²) in [5.74, 6) is 1.04. The van der Waals surface area contributed by atoms with Crippen molar-refractivity contribution in [3.05, 3.63) is 159 Å². The highest BCUT2D eigenvalue weighted by Gasteiger charge is 2.32. The zero-order valence-electron chi connectivity index (χ0n) is 24.1. The van der Waals surface area contributed by atoms with Crippen LogP contribution in [0, 0.1) is 10.1 Å². The minimum Gasteiger partial charge on any atom is -0.493 e. The van der Waals surface area contributed by atoms with Crippen molar-refractivity contribution in [3.8, 4) is 11.5 Å². The molecular formula is C35H26BrN3O5S.